The van der Waals surface area contributed by atoms with E-state index in [1.807, 2.05) is 0 Å². The lowest BCUT2D eigenvalue weighted by Gasteiger charge is -2.63. The Balaban J connectivity index is 1.82. The summed E-state index contributed by atoms with van der Waals surface area (Å²) in [6.45, 7) is 0. The van der Waals surface area contributed by atoms with Crippen molar-refractivity contribution in [3.05, 3.63) is 35.6 Å². The maximum Gasteiger partial charge on any atom is 0.218 e. The minimum Gasteiger partial charge on any atom is -0.447 e. The quantitative estimate of drug-likeness (QED) is 0.840. The number of ether oxygens (including phenoxy) is 2. The first kappa shape index (κ1) is 15.5. The van der Waals surface area contributed by atoms with Gasteiger partial charge in [-0.3, -0.25) is 5.41 Å². The second-order valence-electron chi connectivity index (χ2n) is 7.37. The van der Waals surface area contributed by atoms with E-state index in [1.54, 1.807) is 12.1 Å². The van der Waals surface area contributed by atoms with Gasteiger partial charge in [-0.2, -0.15) is 15.5 Å². The van der Waals surface area contributed by atoms with E-state index >= 15 is 0 Å². The van der Waals surface area contributed by atoms with Crippen molar-refractivity contribution in [2.75, 3.05) is 0 Å². The standard InChI is InChI=1S/C19H15FN4O2/c20-12-5-3-4-11(8-12)14-18(10-22)16-24-15(23)17(18,9-21)13-6-1-2-7-19(13,25-14)26-16/h3-5,8,13-14,23H,1-2,6-7H2. The highest BCUT2D eigenvalue weighted by Crippen LogP contribution is 2.72. The fourth-order valence-electron chi connectivity index (χ4n) is 5.30. The second-order valence-corrected chi connectivity index (χ2v) is 7.37. The van der Waals surface area contributed by atoms with Crippen LogP contribution >= 0.6 is 0 Å². The molecule has 3 saturated heterocycles. The Hall–Kier alpha value is -2.77. The highest BCUT2D eigenvalue weighted by Gasteiger charge is 2.83. The maximum absolute atomic E-state index is 13.9. The molecular weight excluding hydrogens is 335 g/mol. The predicted molar refractivity (Wildman–Crippen MR) is 87.3 cm³/mol. The summed E-state index contributed by atoms with van der Waals surface area (Å²) in [7, 11) is 0. The fraction of sp³-hybridized carbons (Fsp3) is 0.474. The van der Waals surface area contributed by atoms with Crippen LogP contribution < -0.4 is 0 Å². The molecule has 1 N–H and O–H groups in total. The molecule has 0 aromatic heterocycles. The van der Waals surface area contributed by atoms with Crippen LogP contribution in [0.1, 0.15) is 37.4 Å². The van der Waals surface area contributed by atoms with E-state index in [1.165, 1.54) is 12.1 Å². The van der Waals surface area contributed by atoms with Gasteiger partial charge < -0.3 is 9.47 Å². The zero-order chi connectivity index (χ0) is 18.2. The number of halogens is 1. The highest BCUT2D eigenvalue weighted by atomic mass is 19.1. The molecule has 5 atom stereocenters. The number of nitriles is 2. The SMILES string of the molecule is N#CC12C3=NC(=N)C1(C#N)C1CCCCC1(O3)OC2c1cccc(F)c1. The van der Waals surface area contributed by atoms with Gasteiger partial charge in [-0.25, -0.2) is 4.39 Å². The molecule has 6 rings (SSSR count). The smallest absolute Gasteiger partial charge is 0.218 e. The van der Waals surface area contributed by atoms with Crippen LogP contribution in [0, 0.1) is 50.6 Å². The minimum absolute atomic E-state index is 0.0743. The highest BCUT2D eigenvalue weighted by molar-refractivity contribution is 6.12. The lowest BCUT2D eigenvalue weighted by molar-refractivity contribution is -0.355. The van der Waals surface area contributed by atoms with Crippen LogP contribution in [0.4, 0.5) is 4.39 Å². The van der Waals surface area contributed by atoms with Crippen LogP contribution in [0.2, 0.25) is 0 Å². The summed E-state index contributed by atoms with van der Waals surface area (Å²) in [5, 5.41) is 28.9. The van der Waals surface area contributed by atoms with Gasteiger partial charge in [0.05, 0.1) is 18.1 Å². The predicted octanol–water partition coefficient (Wildman–Crippen LogP) is 3.22. The van der Waals surface area contributed by atoms with E-state index in [4.69, 9.17) is 14.9 Å². The zero-order valence-electron chi connectivity index (χ0n) is 13.8. The zero-order valence-corrected chi connectivity index (χ0v) is 13.8. The molecule has 5 unspecified atom stereocenters. The number of hydrogen-bond acceptors (Lipinski definition) is 5. The van der Waals surface area contributed by atoms with Gasteiger partial charge in [0.1, 0.15) is 17.8 Å². The molecule has 7 heteroatoms. The summed E-state index contributed by atoms with van der Waals surface area (Å²) >= 11 is 0. The van der Waals surface area contributed by atoms with E-state index < -0.39 is 34.5 Å². The van der Waals surface area contributed by atoms with Crippen molar-refractivity contribution in [2.45, 2.75) is 37.6 Å². The van der Waals surface area contributed by atoms with Crippen LogP contribution in [-0.2, 0) is 9.47 Å². The molecule has 5 aliphatic rings. The Morgan fingerprint density at radius 2 is 2.04 bits per heavy atom. The van der Waals surface area contributed by atoms with Crippen LogP contribution in [0.5, 0.6) is 0 Å². The Kier molecular flexibility index (Phi) is 2.79. The first-order valence-corrected chi connectivity index (χ1v) is 8.67. The van der Waals surface area contributed by atoms with Gasteiger partial charge in [0.25, 0.3) is 0 Å². The monoisotopic (exact) mass is 350 g/mol. The van der Waals surface area contributed by atoms with Crippen LogP contribution in [0.15, 0.2) is 29.3 Å². The summed E-state index contributed by atoms with van der Waals surface area (Å²) in [5.41, 5.74) is -2.55. The molecule has 26 heavy (non-hydrogen) atoms. The summed E-state index contributed by atoms with van der Waals surface area (Å²) in [6.07, 6.45) is 2.00. The number of hydrogen-bond donors (Lipinski definition) is 1. The summed E-state index contributed by atoms with van der Waals surface area (Å²) in [4.78, 5) is 4.20. The molecule has 4 heterocycles. The average Bonchev–Trinajstić information content (AvgIpc) is 2.84. The number of aliphatic imine (C=N–C) groups is 1. The molecule has 0 amide bonds. The van der Waals surface area contributed by atoms with Gasteiger partial charge in [0.15, 0.2) is 10.8 Å². The van der Waals surface area contributed by atoms with Crippen LogP contribution in [-0.4, -0.2) is 17.5 Å². The van der Waals surface area contributed by atoms with E-state index in [-0.39, 0.29) is 11.7 Å². The van der Waals surface area contributed by atoms with Crippen molar-refractivity contribution < 1.29 is 13.9 Å². The minimum atomic E-state index is -1.57. The molecule has 1 aromatic carbocycles. The van der Waals surface area contributed by atoms with Crippen molar-refractivity contribution in [1.29, 1.82) is 15.9 Å². The first-order chi connectivity index (χ1) is 12.5. The van der Waals surface area contributed by atoms with Crippen molar-refractivity contribution in [2.24, 2.45) is 21.7 Å². The maximum atomic E-state index is 13.9. The molecule has 6 nitrogen and oxygen atoms in total. The van der Waals surface area contributed by atoms with Crippen molar-refractivity contribution in [3.8, 4) is 12.1 Å². The van der Waals surface area contributed by atoms with Crippen molar-refractivity contribution >= 4 is 11.7 Å². The number of benzene rings is 1. The summed E-state index contributed by atoms with van der Waals surface area (Å²) in [5.74, 6) is -2.05. The number of nitrogens with one attached hydrogen (secondary N) is 1. The second kappa shape index (κ2) is 4.69. The number of fused-ring (bicyclic) bond motifs is 1. The number of rotatable bonds is 1. The van der Waals surface area contributed by atoms with Gasteiger partial charge in [-0.1, -0.05) is 18.6 Å². The van der Waals surface area contributed by atoms with E-state index in [2.05, 4.69) is 17.1 Å². The third-order valence-corrected chi connectivity index (χ3v) is 6.35. The van der Waals surface area contributed by atoms with Gasteiger partial charge in [-0.05, 0) is 30.5 Å². The van der Waals surface area contributed by atoms with E-state index in [9.17, 15) is 14.9 Å². The molecule has 4 aliphatic heterocycles. The Morgan fingerprint density at radius 1 is 1.23 bits per heavy atom. The fourth-order valence-corrected chi connectivity index (χ4v) is 5.30. The topological polar surface area (TPSA) is 102 Å². The van der Waals surface area contributed by atoms with Crippen molar-refractivity contribution in [1.82, 2.24) is 0 Å². The van der Waals surface area contributed by atoms with Gasteiger partial charge in [-0.15, -0.1) is 0 Å². The summed E-state index contributed by atoms with van der Waals surface area (Å²) in [6, 6.07) is 10.3. The Labute approximate surface area is 149 Å². The number of nitrogens with zero attached hydrogens (tertiary/aromatic N) is 3. The molecule has 1 spiro atoms. The molecule has 4 fully saturated rings. The first-order valence-electron chi connectivity index (χ1n) is 8.67. The molecular formula is C19H15FN4O2. The summed E-state index contributed by atoms with van der Waals surface area (Å²) < 4.78 is 26.3. The molecule has 1 saturated carbocycles. The molecule has 1 aromatic rings. The average molecular weight is 350 g/mol. The van der Waals surface area contributed by atoms with Crippen molar-refractivity contribution in [3.63, 3.8) is 0 Å². The lowest BCUT2D eigenvalue weighted by atomic mass is 9.48. The van der Waals surface area contributed by atoms with E-state index in [0.717, 1.165) is 12.8 Å². The third-order valence-electron chi connectivity index (χ3n) is 6.35. The Bertz CT molecular complexity index is 963. The Morgan fingerprint density at radius 3 is 2.77 bits per heavy atom. The molecule has 1 aliphatic carbocycles. The van der Waals surface area contributed by atoms with Crippen LogP contribution in [0.3, 0.4) is 0 Å². The number of amidine groups is 1. The normalized spacial score (nSPS) is 42.3. The van der Waals surface area contributed by atoms with E-state index in [0.29, 0.717) is 18.4 Å². The lowest BCUT2D eigenvalue weighted by Crippen LogP contribution is -2.72. The molecule has 130 valence electrons. The van der Waals surface area contributed by atoms with Gasteiger partial charge >= 0.3 is 0 Å². The molecule has 0 radical (unpaired) electrons. The largest absolute Gasteiger partial charge is 0.447 e. The van der Waals surface area contributed by atoms with Gasteiger partial charge in [0.2, 0.25) is 11.7 Å². The van der Waals surface area contributed by atoms with Gasteiger partial charge in [0, 0.05) is 6.42 Å². The third kappa shape index (κ3) is 1.42. The molecule has 4 bridgehead atoms. The van der Waals surface area contributed by atoms with Crippen LogP contribution in [0.25, 0.3) is 0 Å².